The highest BCUT2D eigenvalue weighted by Gasteiger charge is 2.26. The number of aliphatic hydroxyl groups is 2. The summed E-state index contributed by atoms with van der Waals surface area (Å²) >= 11 is 0. The maximum atomic E-state index is 11.8. The van der Waals surface area contributed by atoms with Crippen LogP contribution in [0.4, 0.5) is 0 Å². The van der Waals surface area contributed by atoms with E-state index in [1.54, 1.807) is 13.0 Å². The van der Waals surface area contributed by atoms with E-state index >= 15 is 0 Å². The quantitative estimate of drug-likeness (QED) is 0.321. The van der Waals surface area contributed by atoms with Gasteiger partial charge in [0.25, 0.3) is 0 Å². The highest BCUT2D eigenvalue weighted by Crippen LogP contribution is 2.23. The number of hydrogen-bond acceptors (Lipinski definition) is 5. The van der Waals surface area contributed by atoms with E-state index in [1.165, 1.54) is 0 Å². The van der Waals surface area contributed by atoms with Gasteiger partial charge in [-0.05, 0) is 46.6 Å². The summed E-state index contributed by atoms with van der Waals surface area (Å²) in [5.74, 6) is -0.270. The van der Waals surface area contributed by atoms with Gasteiger partial charge in [0.15, 0.2) is 0 Å². The van der Waals surface area contributed by atoms with Crippen LogP contribution in [0.1, 0.15) is 47.0 Å². The SMILES string of the molecule is C/C=C(\C)C(=O)OC(C)(CC)CCCNC(CO)CO. The van der Waals surface area contributed by atoms with Crippen LogP contribution in [0.3, 0.4) is 0 Å². The van der Waals surface area contributed by atoms with Crippen LogP contribution in [0.15, 0.2) is 11.6 Å². The van der Waals surface area contributed by atoms with E-state index in [-0.39, 0.29) is 25.2 Å². The third-order valence-corrected chi connectivity index (χ3v) is 3.60. The van der Waals surface area contributed by atoms with Crippen LogP contribution in [0.25, 0.3) is 0 Å². The lowest BCUT2D eigenvalue weighted by molar-refractivity contribution is -0.154. The molecule has 0 saturated carbocycles. The lowest BCUT2D eigenvalue weighted by Gasteiger charge is -2.29. The molecule has 0 heterocycles. The molecule has 5 nitrogen and oxygen atoms in total. The molecule has 0 aromatic carbocycles. The highest BCUT2D eigenvalue weighted by molar-refractivity contribution is 5.87. The Bertz CT molecular complexity index is 313. The van der Waals surface area contributed by atoms with Crippen molar-refractivity contribution in [2.75, 3.05) is 19.8 Å². The van der Waals surface area contributed by atoms with Crippen LogP contribution in [0.2, 0.25) is 0 Å². The Kier molecular flexibility index (Phi) is 9.46. The molecule has 0 saturated heterocycles. The first kappa shape index (κ1) is 19.1. The fourth-order valence-corrected chi connectivity index (χ4v) is 1.68. The fraction of sp³-hybridized carbons (Fsp3) is 0.800. The molecule has 3 N–H and O–H groups in total. The second-order valence-corrected chi connectivity index (χ2v) is 5.28. The summed E-state index contributed by atoms with van der Waals surface area (Å²) in [6.45, 7) is 7.98. The molecule has 0 rings (SSSR count). The Morgan fingerprint density at radius 1 is 1.40 bits per heavy atom. The van der Waals surface area contributed by atoms with Crippen LogP contribution in [-0.4, -0.2) is 47.6 Å². The first-order valence-electron chi connectivity index (χ1n) is 7.23. The lowest BCUT2D eigenvalue weighted by atomic mass is 9.96. The molecule has 0 amide bonds. The van der Waals surface area contributed by atoms with E-state index in [2.05, 4.69) is 5.32 Å². The molecular formula is C15H29NO4. The van der Waals surface area contributed by atoms with Gasteiger partial charge in [0.05, 0.1) is 19.3 Å². The largest absolute Gasteiger partial charge is 0.456 e. The van der Waals surface area contributed by atoms with Gasteiger partial charge in [-0.1, -0.05) is 13.0 Å². The molecule has 0 radical (unpaired) electrons. The van der Waals surface area contributed by atoms with Gasteiger partial charge in [-0.3, -0.25) is 0 Å². The number of carbonyl (C=O) groups excluding carboxylic acids is 1. The van der Waals surface area contributed by atoms with E-state index in [4.69, 9.17) is 14.9 Å². The normalized spacial score (nSPS) is 15.2. The second-order valence-electron chi connectivity index (χ2n) is 5.28. The Hall–Kier alpha value is -0.910. The summed E-state index contributed by atoms with van der Waals surface area (Å²) in [7, 11) is 0. The van der Waals surface area contributed by atoms with Gasteiger partial charge in [-0.15, -0.1) is 0 Å². The highest BCUT2D eigenvalue weighted by atomic mass is 16.6. The third kappa shape index (κ3) is 7.03. The summed E-state index contributed by atoms with van der Waals surface area (Å²) in [6.07, 6.45) is 4.04. The number of esters is 1. The molecule has 0 aromatic heterocycles. The molecule has 0 aromatic rings. The van der Waals surface area contributed by atoms with Crippen molar-refractivity contribution in [1.82, 2.24) is 5.32 Å². The van der Waals surface area contributed by atoms with Gasteiger partial charge >= 0.3 is 5.97 Å². The van der Waals surface area contributed by atoms with E-state index < -0.39 is 5.60 Å². The van der Waals surface area contributed by atoms with Gasteiger partial charge in [-0.2, -0.15) is 0 Å². The Morgan fingerprint density at radius 3 is 2.45 bits per heavy atom. The van der Waals surface area contributed by atoms with Crippen molar-refractivity contribution in [1.29, 1.82) is 0 Å². The smallest absolute Gasteiger partial charge is 0.333 e. The molecule has 0 aliphatic carbocycles. The Labute approximate surface area is 122 Å². The van der Waals surface area contributed by atoms with E-state index in [1.807, 2.05) is 20.8 Å². The molecule has 5 heteroatoms. The number of aliphatic hydroxyl groups excluding tert-OH is 2. The van der Waals surface area contributed by atoms with E-state index in [0.29, 0.717) is 12.1 Å². The zero-order valence-electron chi connectivity index (χ0n) is 13.1. The summed E-state index contributed by atoms with van der Waals surface area (Å²) in [4.78, 5) is 11.8. The molecule has 0 aliphatic heterocycles. The number of rotatable bonds is 10. The van der Waals surface area contributed by atoms with Crippen molar-refractivity contribution in [3.05, 3.63) is 11.6 Å². The first-order chi connectivity index (χ1) is 9.42. The molecule has 0 bridgehead atoms. The zero-order chi connectivity index (χ0) is 15.6. The number of hydrogen-bond donors (Lipinski definition) is 3. The predicted molar refractivity (Wildman–Crippen MR) is 79.4 cm³/mol. The van der Waals surface area contributed by atoms with E-state index in [0.717, 1.165) is 19.3 Å². The van der Waals surface area contributed by atoms with E-state index in [9.17, 15) is 4.79 Å². The third-order valence-electron chi connectivity index (χ3n) is 3.60. The maximum Gasteiger partial charge on any atom is 0.333 e. The first-order valence-corrected chi connectivity index (χ1v) is 7.23. The van der Waals surface area contributed by atoms with Gasteiger partial charge < -0.3 is 20.3 Å². The summed E-state index contributed by atoms with van der Waals surface area (Å²) in [5.41, 5.74) is 0.139. The van der Waals surface area contributed by atoms with Crippen LogP contribution < -0.4 is 5.32 Å². The fourth-order valence-electron chi connectivity index (χ4n) is 1.68. The van der Waals surface area contributed by atoms with Crippen molar-refractivity contribution in [3.63, 3.8) is 0 Å². The Balaban J connectivity index is 4.21. The molecule has 0 aliphatic rings. The van der Waals surface area contributed by atoms with Crippen LogP contribution >= 0.6 is 0 Å². The second kappa shape index (κ2) is 9.91. The molecular weight excluding hydrogens is 258 g/mol. The maximum absolute atomic E-state index is 11.8. The van der Waals surface area contributed by atoms with Gasteiger partial charge in [-0.25, -0.2) is 4.79 Å². The Morgan fingerprint density at radius 2 is 2.00 bits per heavy atom. The summed E-state index contributed by atoms with van der Waals surface area (Å²) < 4.78 is 5.57. The monoisotopic (exact) mass is 287 g/mol. The molecule has 1 unspecified atom stereocenters. The van der Waals surface area contributed by atoms with Gasteiger partial charge in [0.1, 0.15) is 5.60 Å². The van der Waals surface area contributed by atoms with Crippen molar-refractivity contribution in [2.45, 2.75) is 58.6 Å². The molecule has 0 fully saturated rings. The minimum absolute atomic E-state index is 0.0863. The zero-order valence-corrected chi connectivity index (χ0v) is 13.1. The standard InChI is InChI=1S/C15H29NO4/c1-5-12(3)14(19)20-15(4,6-2)8-7-9-16-13(10-17)11-18/h5,13,16-18H,6-11H2,1-4H3/b12-5+. The number of nitrogens with one attached hydrogen (secondary N) is 1. The van der Waals surface area contributed by atoms with Crippen molar-refractivity contribution in [3.8, 4) is 0 Å². The average molecular weight is 287 g/mol. The molecule has 20 heavy (non-hydrogen) atoms. The topological polar surface area (TPSA) is 78.8 Å². The van der Waals surface area contributed by atoms with Gasteiger partial charge in [0, 0.05) is 5.57 Å². The summed E-state index contributed by atoms with van der Waals surface area (Å²) in [5, 5.41) is 20.9. The molecule has 1 atom stereocenters. The van der Waals surface area contributed by atoms with Crippen molar-refractivity contribution in [2.24, 2.45) is 0 Å². The number of carbonyl (C=O) groups is 1. The summed E-state index contributed by atoms with van der Waals surface area (Å²) in [6, 6.07) is -0.282. The predicted octanol–water partition coefficient (Wildman–Crippen LogP) is 1.39. The van der Waals surface area contributed by atoms with Crippen LogP contribution in [0, 0.1) is 0 Å². The average Bonchev–Trinajstić information content (AvgIpc) is 2.46. The number of allylic oxidation sites excluding steroid dienone is 1. The van der Waals surface area contributed by atoms with Crippen LogP contribution in [-0.2, 0) is 9.53 Å². The lowest BCUT2D eigenvalue weighted by Crippen LogP contribution is -2.38. The minimum Gasteiger partial charge on any atom is -0.456 e. The molecule has 0 spiro atoms. The van der Waals surface area contributed by atoms with Gasteiger partial charge in [0.2, 0.25) is 0 Å². The van der Waals surface area contributed by atoms with Crippen molar-refractivity contribution >= 4 is 5.97 Å². The number of ether oxygens (including phenoxy) is 1. The molecule has 118 valence electrons. The van der Waals surface area contributed by atoms with Crippen LogP contribution in [0.5, 0.6) is 0 Å². The van der Waals surface area contributed by atoms with Crippen molar-refractivity contribution < 1.29 is 19.7 Å². The minimum atomic E-state index is -0.475.